The van der Waals surface area contributed by atoms with E-state index in [1.54, 1.807) is 0 Å². The van der Waals surface area contributed by atoms with Crippen LogP contribution in [0.3, 0.4) is 0 Å². The fourth-order valence-corrected chi connectivity index (χ4v) is 1.27. The molecule has 0 aliphatic rings. The first kappa shape index (κ1) is 14.7. The van der Waals surface area contributed by atoms with Crippen LogP contribution < -0.4 is 0 Å². The summed E-state index contributed by atoms with van der Waals surface area (Å²) in [6, 6.07) is 2.13. The molecule has 2 heteroatoms. The van der Waals surface area contributed by atoms with E-state index >= 15 is 0 Å². The third kappa shape index (κ3) is 4.05. The monoisotopic (exact) mass is 220 g/mol. The summed E-state index contributed by atoms with van der Waals surface area (Å²) in [6.07, 6.45) is 8.06. The molecular formula is C14H24N2. The molecule has 0 aliphatic carbocycles. The summed E-state index contributed by atoms with van der Waals surface area (Å²) in [6.45, 7) is 12.3. The Bertz CT molecular complexity index is 314. The highest BCUT2D eigenvalue weighted by Gasteiger charge is 2.06. The number of hydrogen-bond donors (Lipinski definition) is 0. The molecule has 0 bridgehead atoms. The molecule has 0 fully saturated rings. The second kappa shape index (κ2) is 7.91. The van der Waals surface area contributed by atoms with Crippen molar-refractivity contribution in [3.8, 4) is 0 Å². The van der Waals surface area contributed by atoms with Crippen molar-refractivity contribution in [1.82, 2.24) is 9.78 Å². The zero-order valence-corrected chi connectivity index (χ0v) is 11.4. The molecule has 1 rings (SSSR count). The zero-order valence-electron chi connectivity index (χ0n) is 11.4. The lowest BCUT2D eigenvalue weighted by Gasteiger charge is -1.96. The molecule has 0 radical (unpaired) electrons. The van der Waals surface area contributed by atoms with Crippen LogP contribution in [0.1, 0.15) is 58.8 Å². The van der Waals surface area contributed by atoms with Crippen LogP contribution >= 0.6 is 0 Å². The van der Waals surface area contributed by atoms with E-state index in [0.29, 0.717) is 5.92 Å². The van der Waals surface area contributed by atoms with Gasteiger partial charge in [0.25, 0.3) is 0 Å². The first-order chi connectivity index (χ1) is 7.69. The van der Waals surface area contributed by atoms with Gasteiger partial charge in [-0.05, 0) is 31.9 Å². The molecule has 0 atom stereocenters. The lowest BCUT2D eigenvalue weighted by molar-refractivity contribution is 0.782. The molecule has 0 saturated carbocycles. The van der Waals surface area contributed by atoms with E-state index in [4.69, 9.17) is 0 Å². The van der Waals surface area contributed by atoms with Gasteiger partial charge in [0, 0.05) is 6.20 Å². The van der Waals surface area contributed by atoms with Crippen LogP contribution in [-0.2, 0) is 0 Å². The van der Waals surface area contributed by atoms with Crippen LogP contribution in [0.2, 0.25) is 0 Å². The standard InChI is InChI=1S/C12H18N2.C2H6/c1-5-7-11-9-12(10(3)4)13-14(11)8-6-2;1-2/h5-10H,1-4H3;1-2H3/b7-5-,8-6-;. The lowest BCUT2D eigenvalue weighted by Crippen LogP contribution is -1.93. The average Bonchev–Trinajstić information content (AvgIpc) is 2.66. The SMILES string of the molecule is C/C=C\c1cc(C(C)C)nn1/C=C\C.CC. The molecule has 1 aromatic heterocycles. The van der Waals surface area contributed by atoms with Crippen molar-refractivity contribution >= 4 is 12.3 Å². The quantitative estimate of drug-likeness (QED) is 0.730. The average molecular weight is 220 g/mol. The number of hydrogen-bond acceptors (Lipinski definition) is 1. The van der Waals surface area contributed by atoms with Crippen LogP contribution in [0, 0.1) is 0 Å². The van der Waals surface area contributed by atoms with Gasteiger partial charge in [0.05, 0.1) is 11.4 Å². The van der Waals surface area contributed by atoms with Crippen molar-refractivity contribution in [1.29, 1.82) is 0 Å². The van der Waals surface area contributed by atoms with Crippen molar-refractivity contribution in [2.75, 3.05) is 0 Å². The molecule has 16 heavy (non-hydrogen) atoms. The number of nitrogens with zero attached hydrogens (tertiary/aromatic N) is 2. The van der Waals surface area contributed by atoms with Crippen molar-refractivity contribution < 1.29 is 0 Å². The molecule has 1 aromatic rings. The Kier molecular flexibility index (Phi) is 7.27. The third-order valence-corrected chi connectivity index (χ3v) is 2.00. The minimum atomic E-state index is 0.477. The lowest BCUT2D eigenvalue weighted by atomic mass is 10.1. The van der Waals surface area contributed by atoms with Crippen LogP contribution in [0.5, 0.6) is 0 Å². The first-order valence-electron chi connectivity index (χ1n) is 6.04. The molecule has 0 aromatic carbocycles. The van der Waals surface area contributed by atoms with Gasteiger partial charge in [0.1, 0.15) is 0 Å². The maximum absolute atomic E-state index is 4.50. The van der Waals surface area contributed by atoms with Gasteiger partial charge in [-0.3, -0.25) is 0 Å². The predicted octanol–water partition coefficient (Wildman–Crippen LogP) is 4.56. The fourth-order valence-electron chi connectivity index (χ4n) is 1.27. The number of allylic oxidation sites excluding steroid dienone is 2. The Hall–Kier alpha value is -1.31. The van der Waals surface area contributed by atoms with E-state index in [0.717, 1.165) is 11.4 Å². The van der Waals surface area contributed by atoms with E-state index in [1.165, 1.54) is 0 Å². The highest BCUT2D eigenvalue weighted by molar-refractivity contribution is 5.49. The highest BCUT2D eigenvalue weighted by Crippen LogP contribution is 2.15. The van der Waals surface area contributed by atoms with Gasteiger partial charge in [-0.25, -0.2) is 4.68 Å². The normalized spacial score (nSPS) is 11.2. The second-order valence-corrected chi connectivity index (χ2v) is 3.58. The smallest absolute Gasteiger partial charge is 0.0661 e. The Balaban J connectivity index is 0.00000106. The second-order valence-electron chi connectivity index (χ2n) is 3.58. The number of aromatic nitrogens is 2. The van der Waals surface area contributed by atoms with Crippen LogP contribution in [0.15, 0.2) is 18.2 Å². The number of rotatable bonds is 3. The van der Waals surface area contributed by atoms with Crippen molar-refractivity contribution in [2.24, 2.45) is 0 Å². The molecule has 0 aliphatic heterocycles. The minimum Gasteiger partial charge on any atom is -0.241 e. The predicted molar refractivity (Wildman–Crippen MR) is 73.4 cm³/mol. The third-order valence-electron chi connectivity index (χ3n) is 2.00. The van der Waals surface area contributed by atoms with E-state index in [1.807, 2.05) is 50.7 Å². The highest BCUT2D eigenvalue weighted by atomic mass is 15.3. The van der Waals surface area contributed by atoms with Gasteiger partial charge >= 0.3 is 0 Å². The molecular weight excluding hydrogens is 196 g/mol. The molecule has 0 amide bonds. The van der Waals surface area contributed by atoms with Crippen molar-refractivity contribution in [2.45, 2.75) is 47.5 Å². The zero-order chi connectivity index (χ0) is 12.6. The van der Waals surface area contributed by atoms with Gasteiger partial charge < -0.3 is 0 Å². The molecule has 0 saturated heterocycles. The summed E-state index contributed by atoms with van der Waals surface area (Å²) >= 11 is 0. The van der Waals surface area contributed by atoms with Gasteiger partial charge in [-0.15, -0.1) is 0 Å². The van der Waals surface area contributed by atoms with Gasteiger partial charge in [0.15, 0.2) is 0 Å². The topological polar surface area (TPSA) is 17.8 Å². The van der Waals surface area contributed by atoms with E-state index in [-0.39, 0.29) is 0 Å². The van der Waals surface area contributed by atoms with Gasteiger partial charge in [-0.2, -0.15) is 5.10 Å². The molecule has 0 spiro atoms. The van der Waals surface area contributed by atoms with Crippen molar-refractivity contribution in [3.05, 3.63) is 29.6 Å². The molecule has 0 N–H and O–H groups in total. The van der Waals surface area contributed by atoms with E-state index < -0.39 is 0 Å². The maximum atomic E-state index is 4.50. The Morgan fingerprint density at radius 1 is 1.19 bits per heavy atom. The molecule has 90 valence electrons. The summed E-state index contributed by atoms with van der Waals surface area (Å²) in [5.41, 5.74) is 2.27. The van der Waals surface area contributed by atoms with Gasteiger partial charge in [-0.1, -0.05) is 39.8 Å². The van der Waals surface area contributed by atoms with E-state index in [9.17, 15) is 0 Å². The Labute approximate surface area is 99.7 Å². The molecule has 0 unspecified atom stereocenters. The fraction of sp³-hybridized carbons (Fsp3) is 0.500. The summed E-state index contributed by atoms with van der Waals surface area (Å²) in [4.78, 5) is 0. The largest absolute Gasteiger partial charge is 0.241 e. The summed E-state index contributed by atoms with van der Waals surface area (Å²) in [5, 5.41) is 4.50. The summed E-state index contributed by atoms with van der Waals surface area (Å²) in [7, 11) is 0. The maximum Gasteiger partial charge on any atom is 0.0661 e. The minimum absolute atomic E-state index is 0.477. The first-order valence-corrected chi connectivity index (χ1v) is 6.04. The van der Waals surface area contributed by atoms with Crippen LogP contribution in [0.4, 0.5) is 0 Å². The van der Waals surface area contributed by atoms with Crippen molar-refractivity contribution in [3.63, 3.8) is 0 Å². The van der Waals surface area contributed by atoms with Crippen LogP contribution in [0.25, 0.3) is 12.3 Å². The van der Waals surface area contributed by atoms with Gasteiger partial charge in [0.2, 0.25) is 0 Å². The summed E-state index contributed by atoms with van der Waals surface area (Å²) < 4.78 is 1.91. The van der Waals surface area contributed by atoms with E-state index in [2.05, 4.69) is 31.1 Å². The van der Waals surface area contributed by atoms with Crippen LogP contribution in [-0.4, -0.2) is 9.78 Å². The Morgan fingerprint density at radius 2 is 1.81 bits per heavy atom. The molecule has 2 nitrogen and oxygen atoms in total. The molecule has 1 heterocycles. The Morgan fingerprint density at radius 3 is 2.25 bits per heavy atom. The summed E-state index contributed by atoms with van der Waals surface area (Å²) in [5.74, 6) is 0.477.